The Kier molecular flexibility index (Phi) is 4.62. The predicted molar refractivity (Wildman–Crippen MR) is 110 cm³/mol. The Balaban J connectivity index is 1.78. The fraction of sp³-hybridized carbons (Fsp3) is 0.136. The summed E-state index contributed by atoms with van der Waals surface area (Å²) in [6.45, 7) is 2.16. The Morgan fingerprint density at radius 3 is 2.12 bits per heavy atom. The molecule has 2 unspecified atom stereocenters. The van der Waals surface area contributed by atoms with Crippen LogP contribution in [0.4, 0.5) is 0 Å². The molecule has 3 aromatic rings. The van der Waals surface area contributed by atoms with E-state index in [1.807, 2.05) is 24.3 Å². The van der Waals surface area contributed by atoms with Crippen LogP contribution in [-0.2, 0) is 5.66 Å². The molecule has 26 heavy (non-hydrogen) atoms. The number of nitrogens with one attached hydrogen (secondary N) is 2. The van der Waals surface area contributed by atoms with Crippen molar-refractivity contribution in [2.24, 2.45) is 4.99 Å². The van der Waals surface area contributed by atoms with E-state index in [1.165, 1.54) is 5.56 Å². The van der Waals surface area contributed by atoms with Gasteiger partial charge in [-0.3, -0.25) is 5.32 Å². The third kappa shape index (κ3) is 3.43. The van der Waals surface area contributed by atoms with Crippen molar-refractivity contribution in [3.63, 3.8) is 0 Å². The van der Waals surface area contributed by atoms with Gasteiger partial charge in [-0.15, -0.1) is 0 Å². The Bertz CT molecular complexity index is 907. The van der Waals surface area contributed by atoms with Gasteiger partial charge in [0.2, 0.25) is 0 Å². The first-order valence-electron chi connectivity index (χ1n) is 8.64. The molecule has 130 valence electrons. The summed E-state index contributed by atoms with van der Waals surface area (Å²) in [5.74, 6) is 0.892. The SMILES string of the molecule is CC1(c2ccccc2)NC(c2ccccc2)=NC(c2ccc(Br)cc2)N1. The maximum absolute atomic E-state index is 4.95. The topological polar surface area (TPSA) is 36.4 Å². The first-order valence-corrected chi connectivity index (χ1v) is 9.43. The second-order valence-corrected chi connectivity index (χ2v) is 7.47. The number of benzene rings is 3. The maximum atomic E-state index is 4.95. The van der Waals surface area contributed by atoms with Crippen molar-refractivity contribution in [2.45, 2.75) is 18.8 Å². The van der Waals surface area contributed by atoms with Gasteiger partial charge >= 0.3 is 0 Å². The van der Waals surface area contributed by atoms with Crippen LogP contribution < -0.4 is 10.6 Å². The highest BCUT2D eigenvalue weighted by Gasteiger charge is 2.34. The minimum absolute atomic E-state index is 0.134. The van der Waals surface area contributed by atoms with E-state index in [4.69, 9.17) is 4.99 Å². The number of amidine groups is 1. The van der Waals surface area contributed by atoms with Crippen molar-refractivity contribution < 1.29 is 0 Å². The van der Waals surface area contributed by atoms with Crippen molar-refractivity contribution >= 4 is 21.8 Å². The molecule has 1 heterocycles. The normalized spacial score (nSPS) is 22.4. The quantitative estimate of drug-likeness (QED) is 0.645. The van der Waals surface area contributed by atoms with E-state index in [9.17, 15) is 0 Å². The Hall–Kier alpha value is -2.43. The summed E-state index contributed by atoms with van der Waals surface area (Å²) in [5.41, 5.74) is 2.96. The molecule has 2 N–H and O–H groups in total. The predicted octanol–water partition coefficient (Wildman–Crippen LogP) is 4.96. The van der Waals surface area contributed by atoms with Gasteiger partial charge in [-0.05, 0) is 30.2 Å². The lowest BCUT2D eigenvalue weighted by Gasteiger charge is -2.40. The van der Waals surface area contributed by atoms with Gasteiger partial charge in [0.15, 0.2) is 0 Å². The summed E-state index contributed by atoms with van der Waals surface area (Å²) in [6.07, 6.45) is -0.134. The summed E-state index contributed by atoms with van der Waals surface area (Å²) in [5, 5.41) is 7.27. The number of rotatable bonds is 3. The lowest BCUT2D eigenvalue weighted by atomic mass is 9.97. The monoisotopic (exact) mass is 405 g/mol. The van der Waals surface area contributed by atoms with Crippen LogP contribution in [0.3, 0.4) is 0 Å². The molecule has 4 heteroatoms. The van der Waals surface area contributed by atoms with E-state index in [2.05, 4.69) is 94.2 Å². The van der Waals surface area contributed by atoms with Crippen LogP contribution in [0, 0.1) is 0 Å². The molecule has 4 rings (SSSR count). The minimum Gasteiger partial charge on any atom is -0.348 e. The van der Waals surface area contributed by atoms with Gasteiger partial charge in [0.25, 0.3) is 0 Å². The van der Waals surface area contributed by atoms with E-state index in [0.29, 0.717) is 0 Å². The average Bonchev–Trinajstić information content (AvgIpc) is 2.69. The van der Waals surface area contributed by atoms with Gasteiger partial charge in [0.05, 0.1) is 0 Å². The number of aliphatic imine (C=N–C) groups is 1. The molecular weight excluding hydrogens is 386 g/mol. The second-order valence-electron chi connectivity index (χ2n) is 6.56. The highest BCUT2D eigenvalue weighted by atomic mass is 79.9. The molecule has 2 atom stereocenters. The molecular formula is C22H20BrN3. The van der Waals surface area contributed by atoms with Crippen molar-refractivity contribution in [1.82, 2.24) is 10.6 Å². The summed E-state index contributed by atoms with van der Waals surface area (Å²) < 4.78 is 1.06. The number of hydrogen-bond donors (Lipinski definition) is 2. The third-order valence-corrected chi connectivity index (χ3v) is 5.16. The molecule has 1 aliphatic heterocycles. The molecule has 0 aromatic heterocycles. The fourth-order valence-corrected chi connectivity index (χ4v) is 3.48. The van der Waals surface area contributed by atoms with Crippen LogP contribution in [0.2, 0.25) is 0 Å². The van der Waals surface area contributed by atoms with Gasteiger partial charge in [0.1, 0.15) is 17.7 Å². The number of nitrogens with zero attached hydrogens (tertiary/aromatic N) is 1. The largest absolute Gasteiger partial charge is 0.348 e. The first kappa shape index (κ1) is 17.0. The molecule has 1 aliphatic rings. The molecule has 0 saturated heterocycles. The van der Waals surface area contributed by atoms with Gasteiger partial charge in [0, 0.05) is 10.0 Å². The Morgan fingerprint density at radius 2 is 1.46 bits per heavy atom. The van der Waals surface area contributed by atoms with E-state index >= 15 is 0 Å². The highest BCUT2D eigenvalue weighted by molar-refractivity contribution is 9.10. The molecule has 0 bridgehead atoms. The number of halogens is 1. The molecule has 3 aromatic carbocycles. The number of hydrogen-bond acceptors (Lipinski definition) is 3. The summed E-state index contributed by atoms with van der Waals surface area (Å²) in [7, 11) is 0. The minimum atomic E-state index is -0.425. The summed E-state index contributed by atoms with van der Waals surface area (Å²) in [6, 6.07) is 29.0. The van der Waals surface area contributed by atoms with Crippen molar-refractivity contribution in [3.8, 4) is 0 Å². The zero-order valence-electron chi connectivity index (χ0n) is 14.5. The van der Waals surface area contributed by atoms with E-state index in [0.717, 1.165) is 21.4 Å². The third-order valence-electron chi connectivity index (χ3n) is 4.64. The van der Waals surface area contributed by atoms with Gasteiger partial charge in [-0.1, -0.05) is 88.7 Å². The van der Waals surface area contributed by atoms with E-state index in [-0.39, 0.29) is 6.17 Å². The standard InChI is InChI=1S/C22H20BrN3/c1-22(18-10-6-3-7-11-18)25-20(16-8-4-2-5-9-16)24-21(26-22)17-12-14-19(23)15-13-17/h2-15,21,26H,1H3,(H,24,25). The molecule has 0 fully saturated rings. The van der Waals surface area contributed by atoms with Crippen LogP contribution in [0.5, 0.6) is 0 Å². The first-order chi connectivity index (χ1) is 12.6. The van der Waals surface area contributed by atoms with E-state index < -0.39 is 5.66 Å². The van der Waals surface area contributed by atoms with Crippen LogP contribution >= 0.6 is 15.9 Å². The average molecular weight is 406 g/mol. The van der Waals surface area contributed by atoms with Crippen molar-refractivity contribution in [2.75, 3.05) is 0 Å². The molecule has 0 aliphatic carbocycles. The van der Waals surface area contributed by atoms with E-state index in [1.54, 1.807) is 0 Å². The smallest absolute Gasteiger partial charge is 0.132 e. The molecule has 0 saturated carbocycles. The molecule has 0 amide bonds. The van der Waals surface area contributed by atoms with Crippen LogP contribution in [0.1, 0.15) is 29.8 Å². The highest BCUT2D eigenvalue weighted by Crippen LogP contribution is 2.29. The van der Waals surface area contributed by atoms with Gasteiger partial charge < -0.3 is 5.32 Å². The summed E-state index contributed by atoms with van der Waals surface area (Å²) in [4.78, 5) is 4.95. The van der Waals surface area contributed by atoms with Crippen LogP contribution in [0.15, 0.2) is 94.4 Å². The molecule has 0 spiro atoms. The van der Waals surface area contributed by atoms with Gasteiger partial charge in [-0.2, -0.15) is 0 Å². The lowest BCUT2D eigenvalue weighted by molar-refractivity contribution is 0.277. The lowest BCUT2D eigenvalue weighted by Crippen LogP contribution is -2.58. The Labute approximate surface area is 162 Å². The summed E-state index contributed by atoms with van der Waals surface area (Å²) >= 11 is 3.51. The molecule has 0 radical (unpaired) electrons. The maximum Gasteiger partial charge on any atom is 0.132 e. The van der Waals surface area contributed by atoms with Crippen molar-refractivity contribution in [1.29, 1.82) is 0 Å². The zero-order valence-corrected chi connectivity index (χ0v) is 16.1. The van der Waals surface area contributed by atoms with Gasteiger partial charge in [-0.25, -0.2) is 4.99 Å². The van der Waals surface area contributed by atoms with Crippen LogP contribution in [-0.4, -0.2) is 5.84 Å². The van der Waals surface area contributed by atoms with Crippen LogP contribution in [0.25, 0.3) is 0 Å². The Morgan fingerprint density at radius 1 is 0.846 bits per heavy atom. The van der Waals surface area contributed by atoms with Crippen molar-refractivity contribution in [3.05, 3.63) is 106 Å². The molecule has 3 nitrogen and oxygen atoms in total. The zero-order chi connectivity index (χ0) is 18.0. The fourth-order valence-electron chi connectivity index (χ4n) is 3.21. The second kappa shape index (κ2) is 7.06.